The summed E-state index contributed by atoms with van der Waals surface area (Å²) in [5.74, 6) is -0.00909. The summed E-state index contributed by atoms with van der Waals surface area (Å²) in [6, 6.07) is 11.4. The summed E-state index contributed by atoms with van der Waals surface area (Å²) in [4.78, 5) is 12.4. The normalized spacial score (nSPS) is 11.1. The lowest BCUT2D eigenvalue weighted by Crippen LogP contribution is -2.13. The summed E-state index contributed by atoms with van der Waals surface area (Å²) in [6.45, 7) is 0. The van der Waals surface area contributed by atoms with Gasteiger partial charge in [-0.05, 0) is 35.9 Å². The van der Waals surface area contributed by atoms with Gasteiger partial charge in [0.1, 0.15) is 5.75 Å². The van der Waals surface area contributed by atoms with E-state index in [2.05, 4.69) is 5.32 Å². The van der Waals surface area contributed by atoms with Crippen molar-refractivity contribution in [3.8, 4) is 5.75 Å². The summed E-state index contributed by atoms with van der Waals surface area (Å²) in [7, 11) is -1.67. The van der Waals surface area contributed by atoms with Gasteiger partial charge >= 0.3 is 0 Å². The molecule has 0 aliphatic carbocycles. The molecule has 0 aliphatic heterocycles. The minimum Gasteiger partial charge on any atom is -0.495 e. The highest BCUT2D eigenvalue weighted by Crippen LogP contribution is 2.28. The van der Waals surface area contributed by atoms with Crippen molar-refractivity contribution < 1.29 is 17.9 Å². The minimum absolute atomic E-state index is 0.116. The van der Waals surface area contributed by atoms with E-state index in [9.17, 15) is 13.2 Å². The van der Waals surface area contributed by atoms with E-state index in [1.165, 1.54) is 7.11 Å². The summed E-state index contributed by atoms with van der Waals surface area (Å²) in [5.41, 5.74) is 1.35. The molecule has 122 valence electrons. The number of methoxy groups -OCH3 is 1. The minimum atomic E-state index is -3.16. The van der Waals surface area contributed by atoms with Crippen LogP contribution < -0.4 is 10.1 Å². The van der Waals surface area contributed by atoms with Crippen molar-refractivity contribution in [2.45, 2.75) is 5.75 Å². The first-order valence-corrected chi connectivity index (χ1v) is 9.14. The lowest BCUT2D eigenvalue weighted by Gasteiger charge is -2.11. The van der Waals surface area contributed by atoms with Gasteiger partial charge in [-0.3, -0.25) is 4.79 Å². The topological polar surface area (TPSA) is 72.5 Å². The average Bonchev–Trinajstić information content (AvgIpc) is 2.46. The summed E-state index contributed by atoms with van der Waals surface area (Å²) >= 11 is 5.93. The highest BCUT2D eigenvalue weighted by Gasteiger charge is 2.12. The molecule has 7 heteroatoms. The Morgan fingerprint density at radius 2 is 1.96 bits per heavy atom. The fourth-order valence-corrected chi connectivity index (χ4v) is 3.03. The SMILES string of the molecule is COc1ccc(Cl)cc1NC(=O)c1cccc(CS(C)(=O)=O)c1. The molecule has 2 aromatic rings. The predicted molar refractivity (Wildman–Crippen MR) is 90.9 cm³/mol. The number of benzene rings is 2. The molecular formula is C16H16ClNO4S. The van der Waals surface area contributed by atoms with E-state index in [1.54, 1.807) is 42.5 Å². The molecule has 1 amide bonds. The van der Waals surface area contributed by atoms with Gasteiger partial charge in [0.05, 0.1) is 18.6 Å². The van der Waals surface area contributed by atoms with Gasteiger partial charge in [0.15, 0.2) is 9.84 Å². The van der Waals surface area contributed by atoms with E-state index in [4.69, 9.17) is 16.3 Å². The van der Waals surface area contributed by atoms with E-state index < -0.39 is 9.84 Å². The number of rotatable bonds is 5. The van der Waals surface area contributed by atoms with E-state index in [1.807, 2.05) is 0 Å². The first-order chi connectivity index (χ1) is 10.8. The highest BCUT2D eigenvalue weighted by molar-refractivity contribution is 7.89. The molecule has 2 aromatic carbocycles. The van der Waals surface area contributed by atoms with Crippen LogP contribution in [0.25, 0.3) is 0 Å². The van der Waals surface area contributed by atoms with Crippen LogP contribution in [0.4, 0.5) is 5.69 Å². The van der Waals surface area contributed by atoms with Crippen LogP contribution >= 0.6 is 11.6 Å². The largest absolute Gasteiger partial charge is 0.495 e. The lowest BCUT2D eigenvalue weighted by atomic mass is 10.1. The third kappa shape index (κ3) is 4.97. The number of halogens is 1. The zero-order valence-electron chi connectivity index (χ0n) is 12.7. The van der Waals surface area contributed by atoms with Gasteiger partial charge in [0.25, 0.3) is 5.91 Å². The van der Waals surface area contributed by atoms with Crippen molar-refractivity contribution in [3.63, 3.8) is 0 Å². The van der Waals surface area contributed by atoms with E-state index in [0.29, 0.717) is 27.6 Å². The number of carbonyl (C=O) groups is 1. The number of carbonyl (C=O) groups excluding carboxylic acids is 1. The Balaban J connectivity index is 2.25. The number of ether oxygens (including phenoxy) is 1. The number of sulfone groups is 1. The lowest BCUT2D eigenvalue weighted by molar-refractivity contribution is 0.102. The standard InChI is InChI=1S/C16H16ClNO4S/c1-22-15-7-6-13(17)9-14(15)18-16(19)12-5-3-4-11(8-12)10-23(2,20)21/h3-9H,10H2,1-2H3,(H,18,19). The number of amides is 1. The molecular weight excluding hydrogens is 338 g/mol. The second-order valence-corrected chi connectivity index (χ2v) is 7.65. The Hall–Kier alpha value is -2.05. The second-order valence-electron chi connectivity index (χ2n) is 5.07. The van der Waals surface area contributed by atoms with Crippen LogP contribution in [0.15, 0.2) is 42.5 Å². The van der Waals surface area contributed by atoms with Crippen LogP contribution in [0.3, 0.4) is 0 Å². The fourth-order valence-electron chi connectivity index (χ4n) is 2.08. The average molecular weight is 354 g/mol. The first-order valence-electron chi connectivity index (χ1n) is 6.70. The molecule has 0 atom stereocenters. The summed E-state index contributed by atoms with van der Waals surface area (Å²) < 4.78 is 27.9. The molecule has 0 fully saturated rings. The Kier molecular flexibility index (Phi) is 5.28. The third-order valence-electron chi connectivity index (χ3n) is 3.03. The fraction of sp³-hybridized carbons (Fsp3) is 0.188. The summed E-state index contributed by atoms with van der Waals surface area (Å²) in [5, 5.41) is 3.18. The molecule has 23 heavy (non-hydrogen) atoms. The molecule has 2 rings (SSSR count). The van der Waals surface area contributed by atoms with Crippen molar-refractivity contribution in [1.29, 1.82) is 0 Å². The Morgan fingerprint density at radius 1 is 1.22 bits per heavy atom. The van der Waals surface area contributed by atoms with Crippen LogP contribution in [0.2, 0.25) is 5.02 Å². The van der Waals surface area contributed by atoms with Crippen LogP contribution in [0.1, 0.15) is 15.9 Å². The van der Waals surface area contributed by atoms with E-state index >= 15 is 0 Å². The molecule has 5 nitrogen and oxygen atoms in total. The molecule has 0 spiro atoms. The Labute approximate surface area is 140 Å². The van der Waals surface area contributed by atoms with Crippen molar-refractivity contribution in [2.24, 2.45) is 0 Å². The van der Waals surface area contributed by atoms with Crippen molar-refractivity contribution in [2.75, 3.05) is 18.7 Å². The monoisotopic (exact) mass is 353 g/mol. The number of hydrogen-bond acceptors (Lipinski definition) is 4. The number of hydrogen-bond donors (Lipinski definition) is 1. The van der Waals surface area contributed by atoms with E-state index in [0.717, 1.165) is 6.26 Å². The number of anilines is 1. The van der Waals surface area contributed by atoms with Gasteiger partial charge in [-0.15, -0.1) is 0 Å². The van der Waals surface area contributed by atoms with Crippen LogP contribution in [0, 0.1) is 0 Å². The quantitative estimate of drug-likeness (QED) is 0.896. The van der Waals surface area contributed by atoms with Gasteiger partial charge in [0, 0.05) is 16.8 Å². The van der Waals surface area contributed by atoms with Crippen LogP contribution in [-0.4, -0.2) is 27.7 Å². The van der Waals surface area contributed by atoms with Crippen LogP contribution in [0.5, 0.6) is 5.75 Å². The molecule has 0 aliphatic rings. The summed E-state index contributed by atoms with van der Waals surface area (Å²) in [6.07, 6.45) is 1.15. The molecule has 1 N–H and O–H groups in total. The van der Waals surface area contributed by atoms with Crippen LogP contribution in [-0.2, 0) is 15.6 Å². The highest BCUT2D eigenvalue weighted by atomic mass is 35.5. The molecule has 0 saturated heterocycles. The Morgan fingerprint density at radius 3 is 2.61 bits per heavy atom. The van der Waals surface area contributed by atoms with Crippen molar-refractivity contribution in [3.05, 3.63) is 58.6 Å². The van der Waals surface area contributed by atoms with Crippen molar-refractivity contribution >= 4 is 33.0 Å². The molecule has 0 saturated carbocycles. The van der Waals surface area contributed by atoms with Gasteiger partial charge in [-0.2, -0.15) is 0 Å². The van der Waals surface area contributed by atoms with Gasteiger partial charge < -0.3 is 10.1 Å². The zero-order chi connectivity index (χ0) is 17.0. The first kappa shape index (κ1) is 17.3. The molecule has 0 unspecified atom stereocenters. The maximum absolute atomic E-state index is 12.4. The van der Waals surface area contributed by atoms with E-state index in [-0.39, 0.29) is 11.7 Å². The smallest absolute Gasteiger partial charge is 0.255 e. The number of nitrogens with one attached hydrogen (secondary N) is 1. The molecule has 0 heterocycles. The third-order valence-corrected chi connectivity index (χ3v) is 4.12. The maximum Gasteiger partial charge on any atom is 0.255 e. The predicted octanol–water partition coefficient (Wildman–Crippen LogP) is 3.15. The second kappa shape index (κ2) is 7.02. The zero-order valence-corrected chi connectivity index (χ0v) is 14.2. The van der Waals surface area contributed by atoms with Gasteiger partial charge in [0.2, 0.25) is 0 Å². The van der Waals surface area contributed by atoms with Crippen molar-refractivity contribution in [1.82, 2.24) is 0 Å². The van der Waals surface area contributed by atoms with Gasteiger partial charge in [-0.25, -0.2) is 8.42 Å². The molecule has 0 bridgehead atoms. The maximum atomic E-state index is 12.4. The molecule has 0 aromatic heterocycles. The Bertz CT molecular complexity index is 834. The molecule has 0 radical (unpaired) electrons. The van der Waals surface area contributed by atoms with Gasteiger partial charge in [-0.1, -0.05) is 23.7 Å².